The van der Waals surface area contributed by atoms with Gasteiger partial charge in [0.1, 0.15) is 5.75 Å². The molecule has 0 aliphatic rings. The Balaban J connectivity index is 1.64. The second-order valence-corrected chi connectivity index (χ2v) is 6.53. The number of benzene rings is 3. The summed E-state index contributed by atoms with van der Waals surface area (Å²) in [7, 11) is 0. The second kappa shape index (κ2) is 7.05. The van der Waals surface area contributed by atoms with E-state index in [1.165, 1.54) is 25.1 Å². The maximum Gasteiger partial charge on any atom is 0.573 e. The topological polar surface area (TPSA) is 66.2 Å². The van der Waals surface area contributed by atoms with Crippen molar-refractivity contribution in [3.63, 3.8) is 0 Å². The smallest absolute Gasteiger partial charge is 0.406 e. The van der Waals surface area contributed by atoms with Crippen LogP contribution in [-0.2, 0) is 4.79 Å². The van der Waals surface area contributed by atoms with Gasteiger partial charge in [-0.2, -0.15) is 0 Å². The molecule has 0 aliphatic heterocycles. The number of aromatic amines is 1. The van der Waals surface area contributed by atoms with E-state index >= 15 is 0 Å². The molecule has 0 unspecified atom stereocenters. The highest BCUT2D eigenvalue weighted by Crippen LogP contribution is 2.31. The number of alkyl halides is 3. The fourth-order valence-electron chi connectivity index (χ4n) is 3.20. The lowest BCUT2D eigenvalue weighted by Crippen LogP contribution is -2.17. The first-order valence-corrected chi connectivity index (χ1v) is 8.73. The summed E-state index contributed by atoms with van der Waals surface area (Å²) in [5.74, 6) is -0.440. The standard InChI is InChI=1S/C21H16F3N3O2/c1-12(28)25-15-5-7-17-18-10-14(6-8-19(18)27-20(17)11-15)26-13-3-2-4-16(9-13)29-21(22,23)24/h2-11,26-27H,1H3,(H,25,28). The van der Waals surface area contributed by atoms with E-state index in [1.54, 1.807) is 6.07 Å². The van der Waals surface area contributed by atoms with Crippen LogP contribution < -0.4 is 15.4 Å². The first kappa shape index (κ1) is 18.7. The summed E-state index contributed by atoms with van der Waals surface area (Å²) in [5.41, 5.74) is 3.65. The predicted molar refractivity (Wildman–Crippen MR) is 107 cm³/mol. The zero-order valence-corrected chi connectivity index (χ0v) is 15.2. The Hall–Kier alpha value is -3.68. The third-order valence-electron chi connectivity index (χ3n) is 4.28. The quantitative estimate of drug-likeness (QED) is 0.399. The van der Waals surface area contributed by atoms with Crippen LogP contribution in [0.1, 0.15) is 6.92 Å². The first-order chi connectivity index (χ1) is 13.8. The minimum atomic E-state index is -4.74. The molecule has 0 fully saturated rings. The lowest BCUT2D eigenvalue weighted by Gasteiger charge is -2.11. The molecular formula is C21H16F3N3O2. The highest BCUT2D eigenvalue weighted by molar-refractivity contribution is 6.09. The number of hydrogen-bond donors (Lipinski definition) is 3. The second-order valence-electron chi connectivity index (χ2n) is 6.53. The van der Waals surface area contributed by atoms with Crippen molar-refractivity contribution in [1.29, 1.82) is 0 Å². The van der Waals surface area contributed by atoms with E-state index in [0.717, 1.165) is 21.8 Å². The molecule has 0 saturated carbocycles. The maximum absolute atomic E-state index is 12.4. The summed E-state index contributed by atoms with van der Waals surface area (Å²) >= 11 is 0. The van der Waals surface area contributed by atoms with Gasteiger partial charge < -0.3 is 20.4 Å². The van der Waals surface area contributed by atoms with Crippen molar-refractivity contribution in [1.82, 2.24) is 4.98 Å². The van der Waals surface area contributed by atoms with E-state index in [4.69, 9.17) is 0 Å². The van der Waals surface area contributed by atoms with Crippen LogP contribution in [0.25, 0.3) is 21.8 Å². The van der Waals surface area contributed by atoms with Crippen LogP contribution in [0.5, 0.6) is 5.75 Å². The number of amides is 1. The maximum atomic E-state index is 12.4. The minimum absolute atomic E-state index is 0.149. The number of fused-ring (bicyclic) bond motifs is 3. The Morgan fingerprint density at radius 2 is 1.66 bits per heavy atom. The highest BCUT2D eigenvalue weighted by Gasteiger charge is 2.31. The number of aromatic nitrogens is 1. The molecule has 3 N–H and O–H groups in total. The fourth-order valence-corrected chi connectivity index (χ4v) is 3.20. The van der Waals surface area contributed by atoms with Crippen molar-refractivity contribution in [3.05, 3.63) is 60.7 Å². The molecule has 0 aliphatic carbocycles. The first-order valence-electron chi connectivity index (χ1n) is 8.73. The largest absolute Gasteiger partial charge is 0.573 e. The zero-order valence-electron chi connectivity index (χ0n) is 15.2. The summed E-state index contributed by atoms with van der Waals surface area (Å²) in [6.07, 6.45) is -4.74. The van der Waals surface area contributed by atoms with Crippen LogP contribution in [-0.4, -0.2) is 17.3 Å². The summed E-state index contributed by atoms with van der Waals surface area (Å²) in [6, 6.07) is 16.8. The molecule has 4 aromatic rings. The molecule has 148 valence electrons. The van der Waals surface area contributed by atoms with Gasteiger partial charge in [0.2, 0.25) is 5.91 Å². The van der Waals surface area contributed by atoms with Gasteiger partial charge in [0.05, 0.1) is 0 Å². The summed E-state index contributed by atoms with van der Waals surface area (Å²) in [6.45, 7) is 1.45. The molecule has 5 nitrogen and oxygen atoms in total. The minimum Gasteiger partial charge on any atom is -0.406 e. The van der Waals surface area contributed by atoms with Crippen molar-refractivity contribution < 1.29 is 22.7 Å². The summed E-state index contributed by atoms with van der Waals surface area (Å²) < 4.78 is 41.2. The molecule has 3 aromatic carbocycles. The molecule has 1 heterocycles. The number of halogens is 3. The van der Waals surface area contributed by atoms with E-state index in [-0.39, 0.29) is 11.7 Å². The fraction of sp³-hybridized carbons (Fsp3) is 0.0952. The third kappa shape index (κ3) is 4.26. The number of rotatable bonds is 4. The van der Waals surface area contributed by atoms with Crippen LogP contribution in [0.3, 0.4) is 0 Å². The molecule has 29 heavy (non-hydrogen) atoms. The van der Waals surface area contributed by atoms with E-state index in [1.807, 2.05) is 36.4 Å². The SMILES string of the molecule is CC(=O)Nc1ccc2c(c1)[nH]c1ccc(Nc3cccc(OC(F)(F)F)c3)cc12. The molecule has 0 spiro atoms. The van der Waals surface area contributed by atoms with Crippen LogP contribution in [0.15, 0.2) is 60.7 Å². The third-order valence-corrected chi connectivity index (χ3v) is 4.28. The molecule has 0 bridgehead atoms. The molecule has 1 aromatic heterocycles. The van der Waals surface area contributed by atoms with E-state index in [2.05, 4.69) is 20.4 Å². The average Bonchev–Trinajstić information content (AvgIpc) is 2.97. The number of nitrogens with one attached hydrogen (secondary N) is 3. The number of hydrogen-bond acceptors (Lipinski definition) is 3. The summed E-state index contributed by atoms with van der Waals surface area (Å²) in [5, 5.41) is 7.75. The van der Waals surface area contributed by atoms with Crippen molar-refractivity contribution in [2.75, 3.05) is 10.6 Å². The number of carbonyl (C=O) groups excluding carboxylic acids is 1. The number of anilines is 3. The van der Waals surface area contributed by atoms with E-state index in [0.29, 0.717) is 17.1 Å². The van der Waals surface area contributed by atoms with Gasteiger partial charge in [-0.1, -0.05) is 12.1 Å². The van der Waals surface area contributed by atoms with E-state index in [9.17, 15) is 18.0 Å². The van der Waals surface area contributed by atoms with E-state index < -0.39 is 6.36 Å². The Morgan fingerprint density at radius 1 is 0.897 bits per heavy atom. The van der Waals surface area contributed by atoms with Gasteiger partial charge in [0, 0.05) is 51.9 Å². The molecule has 1 amide bonds. The van der Waals surface area contributed by atoms with Gasteiger partial charge in [-0.05, 0) is 42.5 Å². The van der Waals surface area contributed by atoms with Crippen LogP contribution in [0.2, 0.25) is 0 Å². The highest BCUT2D eigenvalue weighted by atomic mass is 19.4. The Labute approximate surface area is 163 Å². The van der Waals surface area contributed by atoms with Crippen molar-refractivity contribution >= 4 is 44.8 Å². The van der Waals surface area contributed by atoms with Gasteiger partial charge in [-0.3, -0.25) is 4.79 Å². The Morgan fingerprint density at radius 3 is 2.41 bits per heavy atom. The van der Waals surface area contributed by atoms with Crippen molar-refractivity contribution in [3.8, 4) is 5.75 Å². The lowest BCUT2D eigenvalue weighted by atomic mass is 10.1. The van der Waals surface area contributed by atoms with Crippen molar-refractivity contribution in [2.45, 2.75) is 13.3 Å². The van der Waals surface area contributed by atoms with Gasteiger partial charge >= 0.3 is 6.36 Å². The number of H-pyrrole nitrogens is 1. The molecular weight excluding hydrogens is 383 g/mol. The zero-order chi connectivity index (χ0) is 20.6. The van der Waals surface area contributed by atoms with Crippen LogP contribution >= 0.6 is 0 Å². The normalized spacial score (nSPS) is 11.6. The van der Waals surface area contributed by atoms with Crippen molar-refractivity contribution in [2.24, 2.45) is 0 Å². The molecule has 4 rings (SSSR count). The molecule has 0 saturated heterocycles. The van der Waals surface area contributed by atoms with Gasteiger partial charge in [-0.15, -0.1) is 13.2 Å². The average molecular weight is 399 g/mol. The number of ether oxygens (including phenoxy) is 1. The van der Waals surface area contributed by atoms with Gasteiger partial charge in [-0.25, -0.2) is 0 Å². The molecule has 0 radical (unpaired) electrons. The van der Waals surface area contributed by atoms with Crippen LogP contribution in [0.4, 0.5) is 30.2 Å². The Bertz CT molecular complexity index is 1210. The summed E-state index contributed by atoms with van der Waals surface area (Å²) in [4.78, 5) is 14.5. The lowest BCUT2D eigenvalue weighted by molar-refractivity contribution is -0.274. The molecule has 8 heteroatoms. The Kier molecular flexibility index (Phi) is 4.54. The van der Waals surface area contributed by atoms with Gasteiger partial charge in [0.25, 0.3) is 0 Å². The molecule has 0 atom stereocenters. The monoisotopic (exact) mass is 399 g/mol. The van der Waals surface area contributed by atoms with Crippen LogP contribution in [0, 0.1) is 0 Å². The number of carbonyl (C=O) groups is 1. The van der Waals surface area contributed by atoms with Gasteiger partial charge in [0.15, 0.2) is 0 Å². The predicted octanol–water partition coefficient (Wildman–Crippen LogP) is 5.92.